The highest BCUT2D eigenvalue weighted by atomic mass is 16.3. The third-order valence-electron chi connectivity index (χ3n) is 3.65. The molecule has 1 aromatic heterocycles. The molecule has 2 atom stereocenters. The first kappa shape index (κ1) is 9.71. The van der Waals surface area contributed by atoms with Crippen LogP contribution in [-0.4, -0.2) is 0 Å². The Morgan fingerprint density at radius 3 is 2.38 bits per heavy atom. The van der Waals surface area contributed by atoms with Crippen LogP contribution in [0.5, 0.6) is 0 Å². The Morgan fingerprint density at radius 1 is 1.00 bits per heavy atom. The van der Waals surface area contributed by atoms with Crippen molar-refractivity contribution in [3.63, 3.8) is 0 Å². The van der Waals surface area contributed by atoms with Crippen LogP contribution in [0.2, 0.25) is 0 Å². The Labute approximate surface area is 96.1 Å². The highest BCUT2D eigenvalue weighted by molar-refractivity contribution is 5.49. The van der Waals surface area contributed by atoms with Gasteiger partial charge in [-0.1, -0.05) is 44.2 Å². The summed E-state index contributed by atoms with van der Waals surface area (Å²) in [5.74, 6) is 1.82. The van der Waals surface area contributed by atoms with Gasteiger partial charge >= 0.3 is 0 Å². The maximum absolute atomic E-state index is 5.34. The topological polar surface area (TPSA) is 13.1 Å². The summed E-state index contributed by atoms with van der Waals surface area (Å²) < 4.78 is 5.34. The van der Waals surface area contributed by atoms with E-state index in [1.807, 2.05) is 12.5 Å². The van der Waals surface area contributed by atoms with Gasteiger partial charge < -0.3 is 4.42 Å². The molecule has 0 aliphatic heterocycles. The zero-order valence-electron chi connectivity index (χ0n) is 9.68. The van der Waals surface area contributed by atoms with Crippen molar-refractivity contribution >= 4 is 0 Å². The van der Waals surface area contributed by atoms with Gasteiger partial charge in [0.2, 0.25) is 0 Å². The van der Waals surface area contributed by atoms with Gasteiger partial charge in [-0.05, 0) is 17.0 Å². The highest BCUT2D eigenvalue weighted by Crippen LogP contribution is 2.54. The van der Waals surface area contributed by atoms with E-state index >= 15 is 0 Å². The summed E-state index contributed by atoms with van der Waals surface area (Å²) in [6, 6.07) is 10.7. The molecule has 1 aliphatic rings. The largest absolute Gasteiger partial charge is 0.472 e. The van der Waals surface area contributed by atoms with E-state index in [0.29, 0.717) is 17.8 Å². The number of fused-ring (bicyclic) bond motifs is 1. The zero-order chi connectivity index (χ0) is 11.1. The van der Waals surface area contributed by atoms with Gasteiger partial charge in [-0.3, -0.25) is 0 Å². The molecule has 0 N–H and O–H groups in total. The first-order chi connectivity index (χ1) is 7.79. The molecule has 1 nitrogen and oxygen atoms in total. The number of hydrogen-bond acceptors (Lipinski definition) is 1. The molecule has 82 valence electrons. The summed E-state index contributed by atoms with van der Waals surface area (Å²) in [5.41, 5.74) is 4.20. The molecule has 1 heterocycles. The summed E-state index contributed by atoms with van der Waals surface area (Å²) in [5, 5.41) is 0. The molecule has 0 amide bonds. The molecular weight excluding hydrogens is 196 g/mol. The second-order valence-electron chi connectivity index (χ2n) is 4.94. The fraction of sp³-hybridized carbons (Fsp3) is 0.333. The van der Waals surface area contributed by atoms with Gasteiger partial charge in [0.05, 0.1) is 12.5 Å². The van der Waals surface area contributed by atoms with Gasteiger partial charge in [0, 0.05) is 17.4 Å². The molecule has 0 spiro atoms. The average molecular weight is 212 g/mol. The number of hydrogen-bond donors (Lipinski definition) is 0. The van der Waals surface area contributed by atoms with Crippen molar-refractivity contribution in [2.75, 3.05) is 0 Å². The van der Waals surface area contributed by atoms with Crippen LogP contribution in [0.3, 0.4) is 0 Å². The van der Waals surface area contributed by atoms with Crippen LogP contribution in [0.25, 0.3) is 0 Å². The molecule has 0 fully saturated rings. The van der Waals surface area contributed by atoms with E-state index in [-0.39, 0.29) is 0 Å². The molecule has 0 bridgehead atoms. The standard InChI is InChI=1S/C15H16O/c1-10(2)14-12-8-16-9-13(12)15(14)11-6-4-3-5-7-11/h3-10,14-15H,1-2H3. The molecule has 16 heavy (non-hydrogen) atoms. The van der Waals surface area contributed by atoms with Crippen molar-refractivity contribution in [2.45, 2.75) is 25.7 Å². The van der Waals surface area contributed by atoms with Crippen LogP contribution in [0.4, 0.5) is 0 Å². The fourth-order valence-corrected chi connectivity index (χ4v) is 2.91. The fourth-order valence-electron chi connectivity index (χ4n) is 2.91. The Balaban J connectivity index is 2.04. The first-order valence-electron chi connectivity index (χ1n) is 5.90. The van der Waals surface area contributed by atoms with Crippen LogP contribution in [0, 0.1) is 5.92 Å². The van der Waals surface area contributed by atoms with Gasteiger partial charge in [0.15, 0.2) is 0 Å². The van der Waals surface area contributed by atoms with Gasteiger partial charge in [-0.2, -0.15) is 0 Å². The molecule has 0 saturated heterocycles. The lowest BCUT2D eigenvalue weighted by molar-refractivity contribution is 0.407. The first-order valence-corrected chi connectivity index (χ1v) is 5.90. The maximum atomic E-state index is 5.34. The van der Waals surface area contributed by atoms with Crippen LogP contribution >= 0.6 is 0 Å². The van der Waals surface area contributed by atoms with E-state index in [4.69, 9.17) is 4.42 Å². The molecule has 3 rings (SSSR count). The Morgan fingerprint density at radius 2 is 1.69 bits per heavy atom. The van der Waals surface area contributed by atoms with Gasteiger partial charge in [0.1, 0.15) is 0 Å². The Hall–Kier alpha value is -1.50. The lowest BCUT2D eigenvalue weighted by Gasteiger charge is -2.39. The lowest BCUT2D eigenvalue weighted by Crippen LogP contribution is -2.27. The van der Waals surface area contributed by atoms with E-state index in [2.05, 4.69) is 44.2 Å². The van der Waals surface area contributed by atoms with Crippen LogP contribution in [0.15, 0.2) is 47.3 Å². The smallest absolute Gasteiger partial charge is 0.0943 e. The van der Waals surface area contributed by atoms with Gasteiger partial charge in [-0.25, -0.2) is 0 Å². The monoisotopic (exact) mass is 212 g/mol. The summed E-state index contributed by atoms with van der Waals surface area (Å²) in [6.45, 7) is 4.58. The predicted octanol–water partition coefficient (Wildman–Crippen LogP) is 4.16. The van der Waals surface area contributed by atoms with Crippen molar-refractivity contribution in [1.82, 2.24) is 0 Å². The molecule has 1 heteroatoms. The number of benzene rings is 1. The third-order valence-corrected chi connectivity index (χ3v) is 3.65. The Kier molecular flexibility index (Phi) is 2.13. The van der Waals surface area contributed by atoms with Crippen molar-refractivity contribution in [2.24, 2.45) is 5.92 Å². The highest BCUT2D eigenvalue weighted by Gasteiger charge is 2.41. The molecular formula is C15H16O. The van der Waals surface area contributed by atoms with Crippen LogP contribution < -0.4 is 0 Å². The molecule has 0 saturated carbocycles. The number of furan rings is 1. The molecule has 2 aromatic rings. The normalized spacial score (nSPS) is 22.9. The second kappa shape index (κ2) is 3.51. The minimum atomic E-state index is 0.537. The van der Waals surface area contributed by atoms with E-state index in [1.54, 1.807) is 0 Å². The Bertz CT molecular complexity index is 481. The molecule has 1 aromatic carbocycles. The summed E-state index contributed by atoms with van der Waals surface area (Å²) in [7, 11) is 0. The maximum Gasteiger partial charge on any atom is 0.0943 e. The van der Waals surface area contributed by atoms with Crippen molar-refractivity contribution in [1.29, 1.82) is 0 Å². The predicted molar refractivity (Wildman–Crippen MR) is 64.6 cm³/mol. The van der Waals surface area contributed by atoms with E-state index in [9.17, 15) is 0 Å². The van der Waals surface area contributed by atoms with Crippen LogP contribution in [0.1, 0.15) is 42.4 Å². The van der Waals surface area contributed by atoms with E-state index in [0.717, 1.165) is 0 Å². The van der Waals surface area contributed by atoms with E-state index < -0.39 is 0 Å². The SMILES string of the molecule is CC(C)C1c2cocc2C1c1ccccc1. The minimum absolute atomic E-state index is 0.537. The summed E-state index contributed by atoms with van der Waals surface area (Å²) >= 11 is 0. The molecule has 1 aliphatic carbocycles. The molecule has 2 unspecified atom stereocenters. The third kappa shape index (κ3) is 1.24. The quantitative estimate of drug-likeness (QED) is 0.728. The summed E-state index contributed by atoms with van der Waals surface area (Å²) in [4.78, 5) is 0. The van der Waals surface area contributed by atoms with Crippen molar-refractivity contribution in [3.8, 4) is 0 Å². The van der Waals surface area contributed by atoms with Crippen molar-refractivity contribution in [3.05, 3.63) is 59.5 Å². The van der Waals surface area contributed by atoms with Crippen LogP contribution in [-0.2, 0) is 0 Å². The van der Waals surface area contributed by atoms with Crippen molar-refractivity contribution < 1.29 is 4.42 Å². The lowest BCUT2D eigenvalue weighted by atomic mass is 9.63. The van der Waals surface area contributed by atoms with Gasteiger partial charge in [0.25, 0.3) is 0 Å². The zero-order valence-corrected chi connectivity index (χ0v) is 9.68. The minimum Gasteiger partial charge on any atom is -0.472 e. The molecule has 0 radical (unpaired) electrons. The van der Waals surface area contributed by atoms with E-state index in [1.165, 1.54) is 16.7 Å². The van der Waals surface area contributed by atoms with Gasteiger partial charge in [-0.15, -0.1) is 0 Å². The number of rotatable bonds is 2. The second-order valence-corrected chi connectivity index (χ2v) is 4.94. The summed E-state index contributed by atoms with van der Waals surface area (Å²) in [6.07, 6.45) is 3.82. The average Bonchev–Trinajstić information content (AvgIpc) is 2.63.